The maximum absolute atomic E-state index is 12.6. The van der Waals surface area contributed by atoms with Crippen LogP contribution >= 0.6 is 23.2 Å². The molecule has 0 fully saturated rings. The molecule has 0 aliphatic heterocycles. The molecule has 0 aliphatic rings. The molecular weight excluding hydrogens is 863 g/mol. The molecular formula is C34H29Cl2CrN10O8S2. The summed E-state index contributed by atoms with van der Waals surface area (Å²) in [5, 5.41) is 48.3. The fourth-order valence-corrected chi connectivity index (χ4v) is 6.59. The number of aryl methyl sites for hydroxylation is 2. The molecule has 2 N–H and O–H groups in total. The Morgan fingerprint density at radius 2 is 0.982 bits per heavy atom. The predicted molar refractivity (Wildman–Crippen MR) is 204 cm³/mol. The molecule has 23 heteroatoms. The Labute approximate surface area is 347 Å². The number of hydrogen-bond donors (Lipinski definition) is 2. The molecule has 0 spiro atoms. The number of hydrogen-bond acceptors (Lipinski definition) is 12. The van der Waals surface area contributed by atoms with Gasteiger partial charge in [-0.05, 0) is 74.8 Å². The number of halogens is 2. The van der Waals surface area contributed by atoms with Crippen LogP contribution in [-0.4, -0.2) is 40.3 Å². The van der Waals surface area contributed by atoms with Gasteiger partial charge in [0.2, 0.25) is 20.0 Å². The van der Waals surface area contributed by atoms with Crippen molar-refractivity contribution in [3.05, 3.63) is 127 Å². The van der Waals surface area contributed by atoms with Crippen molar-refractivity contribution in [3.8, 4) is 22.9 Å². The first kappa shape index (κ1) is 44.3. The van der Waals surface area contributed by atoms with E-state index in [1.165, 1.54) is 14.1 Å². The molecule has 0 bridgehead atoms. The molecule has 0 atom stereocenters. The van der Waals surface area contributed by atoms with Crippen LogP contribution in [0.3, 0.4) is 0 Å². The van der Waals surface area contributed by atoms with Crippen LogP contribution in [0.2, 0.25) is 10.0 Å². The number of nitrogens with zero attached hydrogens (tertiary/aromatic N) is 8. The van der Waals surface area contributed by atoms with Gasteiger partial charge < -0.3 is 29.8 Å². The van der Waals surface area contributed by atoms with Gasteiger partial charge in [0.15, 0.2) is 0 Å². The molecule has 57 heavy (non-hydrogen) atoms. The Morgan fingerprint density at radius 1 is 0.614 bits per heavy atom. The summed E-state index contributed by atoms with van der Waals surface area (Å²) >= 11 is 11.9. The normalized spacial score (nSPS) is 11.8. The van der Waals surface area contributed by atoms with Crippen molar-refractivity contribution in [1.29, 1.82) is 0 Å². The van der Waals surface area contributed by atoms with E-state index in [1.54, 1.807) is 62.4 Å². The van der Waals surface area contributed by atoms with Crippen molar-refractivity contribution >= 4 is 66.0 Å². The van der Waals surface area contributed by atoms with Gasteiger partial charge in [-0.15, -0.1) is 21.6 Å². The number of rotatable bonds is 10. The Kier molecular flexibility index (Phi) is 14.2. The molecule has 2 heterocycles. The van der Waals surface area contributed by atoms with Gasteiger partial charge >= 0.3 is 18.8 Å². The van der Waals surface area contributed by atoms with Gasteiger partial charge in [-0.25, -0.2) is 26.3 Å². The van der Waals surface area contributed by atoms with Crippen molar-refractivity contribution in [2.75, 3.05) is 14.1 Å². The van der Waals surface area contributed by atoms with Gasteiger partial charge in [0.05, 0.1) is 21.2 Å². The quantitative estimate of drug-likeness (QED) is 0.183. The largest absolute Gasteiger partial charge is 3.00 e. The van der Waals surface area contributed by atoms with E-state index in [9.17, 15) is 36.6 Å². The van der Waals surface area contributed by atoms with Gasteiger partial charge in [-0.2, -0.15) is 10.2 Å². The Morgan fingerprint density at radius 3 is 1.32 bits per heavy atom. The average Bonchev–Trinajstić information content (AvgIpc) is 3.62. The van der Waals surface area contributed by atoms with Gasteiger partial charge in [0.25, 0.3) is 11.1 Å². The summed E-state index contributed by atoms with van der Waals surface area (Å²) in [4.78, 5) is 24.9. The molecule has 1 radical (unpaired) electrons. The number of aromatic nitrogens is 4. The second-order valence-corrected chi connectivity index (χ2v) is 16.0. The molecule has 18 nitrogen and oxygen atoms in total. The molecule has 0 amide bonds. The van der Waals surface area contributed by atoms with E-state index < -0.39 is 42.7 Å². The van der Waals surface area contributed by atoms with Crippen molar-refractivity contribution in [1.82, 2.24) is 29.0 Å². The van der Waals surface area contributed by atoms with Crippen LogP contribution in [0.5, 0.6) is 11.5 Å². The molecule has 6 rings (SSSR count). The minimum absolute atomic E-state index is 0. The average molecular weight is 893 g/mol. The van der Waals surface area contributed by atoms with Crippen LogP contribution in [0.25, 0.3) is 11.4 Å². The van der Waals surface area contributed by atoms with Crippen LogP contribution < -0.4 is 41.0 Å². The maximum Gasteiger partial charge on any atom is 3.00 e. The van der Waals surface area contributed by atoms with Crippen molar-refractivity contribution in [3.63, 3.8) is 0 Å². The van der Waals surface area contributed by atoms with Crippen LogP contribution in [0.15, 0.2) is 125 Å². The summed E-state index contributed by atoms with van der Waals surface area (Å²) in [6.07, 6.45) is 0. The molecule has 0 saturated heterocycles. The van der Waals surface area contributed by atoms with Crippen molar-refractivity contribution < 1.29 is 45.8 Å². The summed E-state index contributed by atoms with van der Waals surface area (Å²) in [7, 11) is -5.01. The van der Waals surface area contributed by atoms with Crippen LogP contribution in [0.4, 0.5) is 22.7 Å². The fraction of sp³-hybridized carbons (Fsp3) is 0.118. The van der Waals surface area contributed by atoms with Gasteiger partial charge in [0.1, 0.15) is 11.4 Å². The maximum atomic E-state index is 12.6. The third-order valence-electron chi connectivity index (χ3n) is 7.62. The molecule has 6 aromatic rings. The molecule has 295 valence electrons. The number of nitrogens with one attached hydrogen (secondary N) is 2. The van der Waals surface area contributed by atoms with Gasteiger partial charge in [-0.1, -0.05) is 72.8 Å². The van der Waals surface area contributed by atoms with Crippen LogP contribution in [0.1, 0.15) is 12.8 Å². The molecule has 0 unspecified atom stereocenters. The first-order valence-corrected chi connectivity index (χ1v) is 19.6. The summed E-state index contributed by atoms with van der Waals surface area (Å²) in [6.45, 7) is 3.13. The van der Waals surface area contributed by atoms with E-state index in [4.69, 9.17) is 23.2 Å². The van der Waals surface area contributed by atoms with E-state index in [2.05, 4.69) is 40.1 Å². The standard InChI is InChI=1S/2C17H16ClN5O4S.Cr/c2*1-10-16(17(25)23(22-10)12-5-3-4-11(18)8-12)21-20-14-9-13(6-7-15(14)24)28(26,27)19-2;/h2*3-9,19H,1-2H3,(H2,20,21,22,24,25);/q;;+3/p-3. The zero-order valence-corrected chi connectivity index (χ0v) is 34.3. The molecule has 0 aliphatic carbocycles. The fourth-order valence-electron chi connectivity index (χ4n) is 4.72. The second kappa shape index (κ2) is 18.3. The van der Waals surface area contributed by atoms with Gasteiger partial charge in [-0.3, -0.25) is 9.59 Å². The van der Waals surface area contributed by atoms with E-state index in [-0.39, 0.29) is 51.3 Å². The Balaban J connectivity index is 0.000000300. The van der Waals surface area contributed by atoms with E-state index >= 15 is 0 Å². The minimum Gasteiger partial charge on any atom is -0.871 e. The number of azo groups is 2. The van der Waals surface area contributed by atoms with E-state index in [1.807, 2.05) is 0 Å². The van der Waals surface area contributed by atoms with Crippen molar-refractivity contribution in [2.45, 2.75) is 23.6 Å². The summed E-state index contributed by atoms with van der Waals surface area (Å²) in [6, 6.07) is 19.7. The zero-order chi connectivity index (χ0) is 40.9. The number of sulfonamides is 2. The predicted octanol–water partition coefficient (Wildman–Crippen LogP) is 4.42. The van der Waals surface area contributed by atoms with Crippen molar-refractivity contribution in [2.24, 2.45) is 20.5 Å². The van der Waals surface area contributed by atoms with Crippen LogP contribution in [0, 0.1) is 13.8 Å². The van der Waals surface area contributed by atoms with Gasteiger partial charge in [0, 0.05) is 21.4 Å². The third kappa shape index (κ3) is 10.1. The Bertz CT molecular complexity index is 2670. The second-order valence-electron chi connectivity index (χ2n) is 11.3. The summed E-state index contributed by atoms with van der Waals surface area (Å²) < 4.78 is 54.0. The van der Waals surface area contributed by atoms with Crippen LogP contribution in [-0.2, 0) is 37.4 Å². The minimum atomic E-state index is -3.75. The SMILES string of the molecule is CNS(=O)(=O)c1ccc([O-])c(N=Nc2c(C)[n-]n(-c3cccc(Cl)c3)c2=O)c1.CNS(=O)(=O)c1ccc([O-])c(N=Nc2c(C)[n-]n(-c3cccc(Cl)c3)c2=O)c1.[Cr+3].[H+]. The number of benzene rings is 4. The zero-order valence-electron chi connectivity index (χ0n) is 30.9. The molecule has 4 aromatic carbocycles. The monoisotopic (exact) mass is 891 g/mol. The smallest absolute Gasteiger partial charge is 0.871 e. The summed E-state index contributed by atoms with van der Waals surface area (Å²) in [5.41, 5.74) is -0.175. The summed E-state index contributed by atoms with van der Waals surface area (Å²) in [5.74, 6) is -1.07. The van der Waals surface area contributed by atoms with E-state index in [0.29, 0.717) is 32.8 Å². The first-order chi connectivity index (χ1) is 26.4. The first-order valence-electron chi connectivity index (χ1n) is 15.8. The topological polar surface area (TPSA) is 260 Å². The molecule has 2 aromatic heterocycles. The van der Waals surface area contributed by atoms with E-state index in [0.717, 1.165) is 45.8 Å². The molecule has 0 saturated carbocycles. The Hall–Kier alpha value is -5.37. The third-order valence-corrected chi connectivity index (χ3v) is 10.9.